The van der Waals surface area contributed by atoms with E-state index in [1.165, 1.54) is 0 Å². The summed E-state index contributed by atoms with van der Waals surface area (Å²) < 4.78 is 10.9. The van der Waals surface area contributed by atoms with Crippen molar-refractivity contribution in [2.45, 2.75) is 57.1 Å². The molecule has 0 aromatic carbocycles. The molecule has 9 heteroatoms. The molecule has 3 N–H and O–H groups in total. The molecule has 0 aliphatic carbocycles. The van der Waals surface area contributed by atoms with E-state index in [1.807, 2.05) is 19.2 Å². The molecule has 0 bridgehead atoms. The summed E-state index contributed by atoms with van der Waals surface area (Å²) in [6.07, 6.45) is 3.53. The van der Waals surface area contributed by atoms with Crippen LogP contribution in [0.25, 0.3) is 0 Å². The lowest BCUT2D eigenvalue weighted by molar-refractivity contribution is -0.126. The highest BCUT2D eigenvalue weighted by atomic mass is 16.4. The van der Waals surface area contributed by atoms with E-state index in [0.717, 1.165) is 24.5 Å². The number of amides is 2. The van der Waals surface area contributed by atoms with Crippen molar-refractivity contribution in [1.29, 1.82) is 0 Å². The second-order valence-corrected chi connectivity index (χ2v) is 8.26. The lowest BCUT2D eigenvalue weighted by Crippen LogP contribution is -2.49. The number of aliphatic hydroxyl groups excluding tert-OH is 1. The van der Waals surface area contributed by atoms with E-state index >= 15 is 0 Å². The van der Waals surface area contributed by atoms with Gasteiger partial charge in [0.05, 0.1) is 19.4 Å². The number of carbonyl (C=O) groups is 2. The number of hydrogen-bond donors (Lipinski definition) is 3. The van der Waals surface area contributed by atoms with Gasteiger partial charge < -0.3 is 24.6 Å². The molecule has 0 radical (unpaired) electrons. The normalized spacial score (nSPS) is 24.6. The summed E-state index contributed by atoms with van der Waals surface area (Å²) in [4.78, 5) is 29.5. The molecule has 0 spiro atoms. The molecular formula is C22H30N4O5. The Morgan fingerprint density at radius 2 is 2.13 bits per heavy atom. The molecule has 0 unspecified atom stereocenters. The van der Waals surface area contributed by atoms with E-state index < -0.39 is 0 Å². The molecule has 4 heterocycles. The first-order valence-electron chi connectivity index (χ1n) is 10.8. The molecule has 0 saturated carbocycles. The van der Waals surface area contributed by atoms with Gasteiger partial charge in [-0.3, -0.25) is 19.4 Å². The second kappa shape index (κ2) is 9.67. The number of carbonyl (C=O) groups excluding carboxylic acids is 2. The highest BCUT2D eigenvalue weighted by Gasteiger charge is 2.45. The standard InChI is InChI=1S/C22H30N4O5/c1-25-15(4-7-20(28)23-12-16-3-2-10-30-16)11-24-22(29)21-19(25)8-9-26(21)13-17-5-6-18(14-27)31-17/h2-3,5-6,10,15,19,21,27H,4,7-9,11-14H2,1H3,(H,23,28)(H,24,29)/t15-,19-,21-/m0/s1. The quantitative estimate of drug-likeness (QED) is 0.569. The predicted octanol–water partition coefficient (Wildman–Crippen LogP) is 0.835. The van der Waals surface area contributed by atoms with Crippen molar-refractivity contribution in [2.75, 3.05) is 20.1 Å². The van der Waals surface area contributed by atoms with E-state index in [2.05, 4.69) is 20.4 Å². The van der Waals surface area contributed by atoms with Gasteiger partial charge in [-0.2, -0.15) is 0 Å². The van der Waals surface area contributed by atoms with Crippen LogP contribution in [-0.2, 0) is 29.3 Å². The van der Waals surface area contributed by atoms with E-state index in [0.29, 0.717) is 38.2 Å². The van der Waals surface area contributed by atoms with Crippen LogP contribution >= 0.6 is 0 Å². The molecule has 9 nitrogen and oxygen atoms in total. The third-order valence-electron chi connectivity index (χ3n) is 6.33. The summed E-state index contributed by atoms with van der Waals surface area (Å²) in [5.41, 5.74) is 0. The van der Waals surface area contributed by atoms with Crippen molar-refractivity contribution < 1.29 is 23.5 Å². The number of furan rings is 2. The van der Waals surface area contributed by atoms with Crippen LogP contribution in [-0.4, -0.2) is 65.0 Å². The molecule has 2 aliphatic heterocycles. The topological polar surface area (TPSA) is 111 Å². The van der Waals surface area contributed by atoms with E-state index in [9.17, 15) is 14.7 Å². The number of likely N-dealkylation sites (N-methyl/N-ethyl adjacent to an activating group) is 1. The first-order valence-corrected chi connectivity index (χ1v) is 10.8. The SMILES string of the molecule is CN1[C@@H](CCC(=O)NCc2ccco2)CNC(=O)[C@@H]2[C@@H]1CCN2Cc1ccc(CO)o1. The van der Waals surface area contributed by atoms with Crippen molar-refractivity contribution in [3.8, 4) is 0 Å². The molecule has 2 aromatic heterocycles. The fraction of sp³-hybridized carbons (Fsp3) is 0.545. The number of hydrogen-bond acceptors (Lipinski definition) is 7. The number of nitrogens with one attached hydrogen (secondary N) is 2. The molecular weight excluding hydrogens is 400 g/mol. The minimum absolute atomic E-state index is 0.0214. The van der Waals surface area contributed by atoms with Crippen LogP contribution in [0.5, 0.6) is 0 Å². The third kappa shape index (κ3) is 5.00. The number of rotatable bonds is 8. The van der Waals surface area contributed by atoms with Crippen molar-refractivity contribution in [2.24, 2.45) is 0 Å². The Labute approximate surface area is 181 Å². The number of aliphatic hydroxyl groups is 1. The van der Waals surface area contributed by atoms with Gasteiger partial charge in [0.1, 0.15) is 29.9 Å². The fourth-order valence-electron chi connectivity index (χ4n) is 4.60. The highest BCUT2D eigenvalue weighted by molar-refractivity contribution is 5.83. The number of fused-ring (bicyclic) bond motifs is 1. The largest absolute Gasteiger partial charge is 0.467 e. The van der Waals surface area contributed by atoms with E-state index in [-0.39, 0.29) is 36.5 Å². The first-order chi connectivity index (χ1) is 15.0. The zero-order valence-corrected chi connectivity index (χ0v) is 17.8. The fourth-order valence-corrected chi connectivity index (χ4v) is 4.60. The average Bonchev–Trinajstić information content (AvgIpc) is 3.51. The Balaban J connectivity index is 1.33. The van der Waals surface area contributed by atoms with E-state index in [1.54, 1.807) is 18.4 Å². The molecule has 31 heavy (non-hydrogen) atoms. The van der Waals surface area contributed by atoms with Crippen LogP contribution in [0.15, 0.2) is 39.4 Å². The number of nitrogens with zero attached hydrogens (tertiary/aromatic N) is 2. The van der Waals surface area contributed by atoms with Crippen LogP contribution in [0.2, 0.25) is 0 Å². The molecule has 168 valence electrons. The van der Waals surface area contributed by atoms with Gasteiger partial charge in [0.2, 0.25) is 11.8 Å². The van der Waals surface area contributed by atoms with Gasteiger partial charge in [-0.1, -0.05) is 0 Å². The van der Waals surface area contributed by atoms with Gasteiger partial charge in [0.15, 0.2) is 0 Å². The molecule has 2 aromatic rings. The van der Waals surface area contributed by atoms with Gasteiger partial charge in [-0.05, 0) is 44.2 Å². The Morgan fingerprint density at radius 3 is 2.87 bits per heavy atom. The summed E-state index contributed by atoms with van der Waals surface area (Å²) >= 11 is 0. The van der Waals surface area contributed by atoms with Gasteiger partial charge in [0.25, 0.3) is 0 Å². The molecule has 2 amide bonds. The lowest BCUT2D eigenvalue weighted by atomic mass is 10.0. The monoisotopic (exact) mass is 430 g/mol. The Kier molecular flexibility index (Phi) is 6.74. The van der Waals surface area contributed by atoms with Crippen LogP contribution in [0.1, 0.15) is 36.5 Å². The minimum Gasteiger partial charge on any atom is -0.467 e. The molecule has 2 aliphatic rings. The van der Waals surface area contributed by atoms with Gasteiger partial charge >= 0.3 is 0 Å². The summed E-state index contributed by atoms with van der Waals surface area (Å²) in [6, 6.07) is 7.16. The van der Waals surface area contributed by atoms with Crippen LogP contribution in [0.4, 0.5) is 0 Å². The maximum Gasteiger partial charge on any atom is 0.239 e. The Bertz CT molecular complexity index is 880. The van der Waals surface area contributed by atoms with Crippen molar-refractivity contribution in [1.82, 2.24) is 20.4 Å². The predicted molar refractivity (Wildman–Crippen MR) is 112 cm³/mol. The van der Waals surface area contributed by atoms with Crippen LogP contribution < -0.4 is 10.6 Å². The summed E-state index contributed by atoms with van der Waals surface area (Å²) in [6.45, 7) is 2.09. The molecule has 4 rings (SSSR count). The van der Waals surface area contributed by atoms with Crippen molar-refractivity contribution in [3.63, 3.8) is 0 Å². The maximum atomic E-state index is 12.9. The molecule has 2 saturated heterocycles. The second-order valence-electron chi connectivity index (χ2n) is 8.26. The lowest BCUT2D eigenvalue weighted by Gasteiger charge is -2.32. The number of likely N-dealkylation sites (tertiary alicyclic amines) is 1. The smallest absolute Gasteiger partial charge is 0.239 e. The summed E-state index contributed by atoms with van der Waals surface area (Å²) in [5, 5.41) is 15.1. The minimum atomic E-state index is -0.259. The van der Waals surface area contributed by atoms with Crippen LogP contribution in [0.3, 0.4) is 0 Å². The first kappa shape index (κ1) is 21.6. The zero-order chi connectivity index (χ0) is 21.8. The highest BCUT2D eigenvalue weighted by Crippen LogP contribution is 2.29. The molecule has 2 fully saturated rings. The van der Waals surface area contributed by atoms with Gasteiger partial charge in [0, 0.05) is 31.6 Å². The zero-order valence-electron chi connectivity index (χ0n) is 17.8. The maximum absolute atomic E-state index is 12.9. The Morgan fingerprint density at radius 1 is 1.29 bits per heavy atom. The van der Waals surface area contributed by atoms with Crippen molar-refractivity contribution in [3.05, 3.63) is 47.8 Å². The molecule has 3 atom stereocenters. The van der Waals surface area contributed by atoms with Gasteiger partial charge in [-0.25, -0.2) is 0 Å². The van der Waals surface area contributed by atoms with Gasteiger partial charge in [-0.15, -0.1) is 0 Å². The Hall–Kier alpha value is -2.62. The van der Waals surface area contributed by atoms with E-state index in [4.69, 9.17) is 8.83 Å². The summed E-state index contributed by atoms with van der Waals surface area (Å²) in [5.74, 6) is 1.99. The summed E-state index contributed by atoms with van der Waals surface area (Å²) in [7, 11) is 2.05. The average molecular weight is 431 g/mol. The van der Waals surface area contributed by atoms with Crippen LogP contribution in [0, 0.1) is 0 Å². The van der Waals surface area contributed by atoms with Crippen molar-refractivity contribution >= 4 is 11.8 Å². The third-order valence-corrected chi connectivity index (χ3v) is 6.33.